The third kappa shape index (κ3) is 3.76. The lowest BCUT2D eigenvalue weighted by atomic mass is 9.99. The Kier molecular flexibility index (Phi) is 4.81. The number of esters is 1. The number of rotatable bonds is 4. The summed E-state index contributed by atoms with van der Waals surface area (Å²) in [7, 11) is 0. The van der Waals surface area contributed by atoms with E-state index in [-0.39, 0.29) is 11.4 Å². The Morgan fingerprint density at radius 2 is 1.86 bits per heavy atom. The van der Waals surface area contributed by atoms with E-state index in [1.54, 1.807) is 6.92 Å². The summed E-state index contributed by atoms with van der Waals surface area (Å²) >= 11 is 3.47. The summed E-state index contributed by atoms with van der Waals surface area (Å²) in [6.07, 6.45) is 3.13. The lowest BCUT2D eigenvalue weighted by Crippen LogP contribution is -2.53. The van der Waals surface area contributed by atoms with Crippen molar-refractivity contribution in [3.63, 3.8) is 0 Å². The highest BCUT2D eigenvalue weighted by molar-refractivity contribution is 9.09. The van der Waals surface area contributed by atoms with Crippen molar-refractivity contribution in [2.75, 3.05) is 18.5 Å². The first-order valence-corrected chi connectivity index (χ1v) is 8.98. The Morgan fingerprint density at radius 1 is 1.23 bits per heavy atom. The second kappa shape index (κ2) is 6.02. The van der Waals surface area contributed by atoms with E-state index < -0.39 is 17.2 Å². The van der Waals surface area contributed by atoms with E-state index in [0.29, 0.717) is 19.6 Å². The predicted molar refractivity (Wildman–Crippen MR) is 87.0 cm³/mol. The van der Waals surface area contributed by atoms with Gasteiger partial charge in [-0.1, -0.05) is 15.9 Å². The van der Waals surface area contributed by atoms with E-state index in [2.05, 4.69) is 15.9 Å². The molecule has 0 spiro atoms. The molecule has 1 heterocycles. The van der Waals surface area contributed by atoms with E-state index in [1.165, 1.54) is 4.90 Å². The van der Waals surface area contributed by atoms with Gasteiger partial charge < -0.3 is 9.47 Å². The maximum atomic E-state index is 12.6. The maximum Gasteiger partial charge on any atom is 0.411 e. The molecule has 0 aromatic rings. The van der Waals surface area contributed by atoms with E-state index in [4.69, 9.17) is 9.47 Å². The Balaban J connectivity index is 2.00. The van der Waals surface area contributed by atoms with E-state index in [9.17, 15) is 9.59 Å². The molecule has 1 aliphatic carbocycles. The number of halogens is 1. The highest BCUT2D eigenvalue weighted by atomic mass is 79.9. The normalized spacial score (nSPS) is 26.7. The quantitative estimate of drug-likeness (QED) is 0.557. The summed E-state index contributed by atoms with van der Waals surface area (Å²) in [6, 6.07) is 0. The second-order valence-electron chi connectivity index (χ2n) is 7.72. The van der Waals surface area contributed by atoms with Crippen LogP contribution in [0.4, 0.5) is 4.79 Å². The van der Waals surface area contributed by atoms with Crippen LogP contribution in [0.2, 0.25) is 0 Å². The highest BCUT2D eigenvalue weighted by Crippen LogP contribution is 2.47. The number of hydrogen-bond donors (Lipinski definition) is 0. The van der Waals surface area contributed by atoms with Crippen molar-refractivity contribution in [3.05, 3.63) is 0 Å². The summed E-state index contributed by atoms with van der Waals surface area (Å²) in [5.41, 5.74) is -1.37. The zero-order chi connectivity index (χ0) is 16.6. The van der Waals surface area contributed by atoms with Gasteiger partial charge in [-0.2, -0.15) is 0 Å². The third-order valence-corrected chi connectivity index (χ3v) is 5.63. The third-order valence-electron chi connectivity index (χ3n) is 4.44. The molecule has 2 rings (SSSR count). The number of hydrogen-bond acceptors (Lipinski definition) is 4. The molecule has 2 aliphatic rings. The summed E-state index contributed by atoms with van der Waals surface area (Å²) in [5, 5.41) is 0.847. The summed E-state index contributed by atoms with van der Waals surface area (Å²) in [6.45, 7) is 8.20. The molecule has 1 atom stereocenters. The number of ether oxygens (including phenoxy) is 2. The molecule has 0 aromatic heterocycles. The maximum absolute atomic E-state index is 12.6. The number of carbonyl (C=O) groups excluding carboxylic acids is 2. The lowest BCUT2D eigenvalue weighted by Gasteiger charge is -2.34. The van der Waals surface area contributed by atoms with Gasteiger partial charge >= 0.3 is 12.1 Å². The Bertz CT molecular complexity index is 456. The molecule has 6 heteroatoms. The fourth-order valence-corrected chi connectivity index (χ4v) is 3.38. The van der Waals surface area contributed by atoms with Crippen molar-refractivity contribution in [1.29, 1.82) is 0 Å². The number of carbonyl (C=O) groups is 2. The van der Waals surface area contributed by atoms with Crippen LogP contribution < -0.4 is 0 Å². The zero-order valence-corrected chi connectivity index (χ0v) is 15.5. The predicted octanol–water partition coefficient (Wildman–Crippen LogP) is 3.49. The van der Waals surface area contributed by atoms with Gasteiger partial charge in [-0.25, -0.2) is 9.59 Å². The molecule has 0 aromatic carbocycles. The van der Waals surface area contributed by atoms with E-state index in [1.807, 2.05) is 20.8 Å². The fourth-order valence-electron chi connectivity index (χ4n) is 2.65. The summed E-state index contributed by atoms with van der Waals surface area (Å²) in [4.78, 5) is 26.4. The molecular formula is C16H26BrNO4. The molecule has 0 bridgehead atoms. The van der Waals surface area contributed by atoms with Gasteiger partial charge in [-0.3, -0.25) is 4.90 Å². The van der Waals surface area contributed by atoms with Gasteiger partial charge in [0.05, 0.1) is 6.61 Å². The van der Waals surface area contributed by atoms with Crippen molar-refractivity contribution in [2.45, 2.75) is 64.5 Å². The fraction of sp³-hybridized carbons (Fsp3) is 0.875. The van der Waals surface area contributed by atoms with Gasteiger partial charge in [-0.15, -0.1) is 0 Å². The van der Waals surface area contributed by atoms with Crippen LogP contribution >= 0.6 is 15.9 Å². The zero-order valence-electron chi connectivity index (χ0n) is 13.9. The van der Waals surface area contributed by atoms with Crippen molar-refractivity contribution in [2.24, 2.45) is 5.41 Å². The molecule has 2 fully saturated rings. The molecular weight excluding hydrogens is 350 g/mol. The minimum atomic E-state index is -0.912. The second-order valence-corrected chi connectivity index (χ2v) is 8.28. The van der Waals surface area contributed by atoms with Gasteiger partial charge in [0, 0.05) is 17.3 Å². The van der Waals surface area contributed by atoms with Crippen LogP contribution in [0, 0.1) is 5.41 Å². The van der Waals surface area contributed by atoms with Crippen LogP contribution in [0.15, 0.2) is 0 Å². The summed E-state index contributed by atoms with van der Waals surface area (Å²) in [5.74, 6) is -0.317. The minimum absolute atomic E-state index is 0.112. The molecule has 22 heavy (non-hydrogen) atoms. The van der Waals surface area contributed by atoms with Gasteiger partial charge in [0.1, 0.15) is 11.1 Å². The molecule has 1 saturated heterocycles. The van der Waals surface area contributed by atoms with Crippen LogP contribution in [-0.2, 0) is 14.3 Å². The molecule has 1 aliphatic heterocycles. The van der Waals surface area contributed by atoms with Gasteiger partial charge in [0.2, 0.25) is 0 Å². The lowest BCUT2D eigenvalue weighted by molar-refractivity contribution is -0.156. The Morgan fingerprint density at radius 3 is 2.36 bits per heavy atom. The largest absolute Gasteiger partial charge is 0.463 e. The number of alkyl halides is 1. The average molecular weight is 376 g/mol. The molecule has 1 saturated carbocycles. The molecule has 0 N–H and O–H groups in total. The van der Waals surface area contributed by atoms with Gasteiger partial charge in [-0.05, 0) is 53.4 Å². The van der Waals surface area contributed by atoms with Gasteiger partial charge in [0.25, 0.3) is 0 Å². The first kappa shape index (κ1) is 17.6. The SMILES string of the molecule is CC(C)(C)OC(=O)N1CCCC1(C)C(=O)OCC1(CBr)CC1. The first-order valence-electron chi connectivity index (χ1n) is 7.86. The van der Waals surface area contributed by atoms with Crippen LogP contribution in [0.1, 0.15) is 53.4 Å². The van der Waals surface area contributed by atoms with Crippen LogP contribution in [-0.4, -0.2) is 46.6 Å². The number of likely N-dealkylation sites (tertiary alicyclic amines) is 1. The van der Waals surface area contributed by atoms with Gasteiger partial charge in [0.15, 0.2) is 0 Å². The Labute approximate surface area is 140 Å². The highest BCUT2D eigenvalue weighted by Gasteiger charge is 2.50. The smallest absolute Gasteiger partial charge is 0.411 e. The van der Waals surface area contributed by atoms with E-state index in [0.717, 1.165) is 24.6 Å². The van der Waals surface area contributed by atoms with E-state index >= 15 is 0 Å². The Hall–Kier alpha value is -0.780. The molecule has 5 nitrogen and oxygen atoms in total. The monoisotopic (exact) mass is 375 g/mol. The van der Waals surface area contributed by atoms with Crippen LogP contribution in [0.5, 0.6) is 0 Å². The minimum Gasteiger partial charge on any atom is -0.463 e. The van der Waals surface area contributed by atoms with Crippen molar-refractivity contribution >= 4 is 28.0 Å². The number of amides is 1. The number of nitrogens with zero attached hydrogens (tertiary/aromatic N) is 1. The average Bonchev–Trinajstić information content (AvgIpc) is 3.09. The first-order chi connectivity index (χ1) is 10.1. The van der Waals surface area contributed by atoms with Crippen LogP contribution in [0.25, 0.3) is 0 Å². The van der Waals surface area contributed by atoms with Crippen molar-refractivity contribution in [3.8, 4) is 0 Å². The molecule has 126 valence electrons. The summed E-state index contributed by atoms with van der Waals surface area (Å²) < 4.78 is 11.0. The van der Waals surface area contributed by atoms with Crippen molar-refractivity contribution < 1.29 is 19.1 Å². The topological polar surface area (TPSA) is 55.8 Å². The molecule has 1 amide bonds. The molecule has 1 unspecified atom stereocenters. The van der Waals surface area contributed by atoms with Crippen LogP contribution in [0.3, 0.4) is 0 Å². The standard InChI is InChI=1S/C16H26BrNO4/c1-14(2,3)22-13(20)18-9-5-6-15(18,4)12(19)21-11-16(10-17)7-8-16/h5-11H2,1-4H3. The molecule has 0 radical (unpaired) electrons. The van der Waals surface area contributed by atoms with Crippen molar-refractivity contribution in [1.82, 2.24) is 4.90 Å².